The van der Waals surface area contributed by atoms with Crippen LogP contribution in [0, 0.1) is 17.5 Å². The summed E-state index contributed by atoms with van der Waals surface area (Å²) in [6.07, 6.45) is 1.74. The lowest BCUT2D eigenvalue weighted by molar-refractivity contribution is 0.0891. The number of aliphatic hydroxyl groups is 1. The van der Waals surface area contributed by atoms with Crippen molar-refractivity contribution < 1.29 is 23.0 Å². The van der Waals surface area contributed by atoms with Gasteiger partial charge in [-0.1, -0.05) is 0 Å². The van der Waals surface area contributed by atoms with Gasteiger partial charge in [0.1, 0.15) is 11.9 Å². The maximum Gasteiger partial charge on any atom is 0.194 e. The molecule has 0 fully saturated rings. The molecule has 0 bridgehead atoms. The maximum atomic E-state index is 13.4. The first-order chi connectivity index (χ1) is 8.11. The fraction of sp³-hybridized carbons (Fsp3) is 0.333. The monoisotopic (exact) mass is 244 g/mol. The smallest absolute Gasteiger partial charge is 0.194 e. The molecule has 2 nitrogen and oxygen atoms in total. The SMILES string of the molecule is OC(C1=CCCCO1)c1ccc(F)c(F)c1F. The summed E-state index contributed by atoms with van der Waals surface area (Å²) in [5.74, 6) is -4.07. The number of rotatable bonds is 2. The van der Waals surface area contributed by atoms with E-state index in [4.69, 9.17) is 4.74 Å². The van der Waals surface area contributed by atoms with E-state index in [-0.39, 0.29) is 11.3 Å². The molecule has 2 rings (SSSR count). The minimum absolute atomic E-state index is 0.182. The predicted molar refractivity (Wildman–Crippen MR) is 54.5 cm³/mol. The van der Waals surface area contributed by atoms with Crippen LogP contribution in [0.3, 0.4) is 0 Å². The Kier molecular flexibility index (Phi) is 3.38. The highest BCUT2D eigenvalue weighted by Crippen LogP contribution is 2.29. The van der Waals surface area contributed by atoms with Crippen LogP contribution in [-0.2, 0) is 4.74 Å². The Morgan fingerprint density at radius 2 is 1.94 bits per heavy atom. The molecule has 1 aliphatic heterocycles. The van der Waals surface area contributed by atoms with E-state index in [1.165, 1.54) is 0 Å². The Bertz CT molecular complexity index is 457. The van der Waals surface area contributed by atoms with E-state index in [9.17, 15) is 18.3 Å². The molecule has 1 heterocycles. The van der Waals surface area contributed by atoms with Gasteiger partial charge >= 0.3 is 0 Å². The first-order valence-electron chi connectivity index (χ1n) is 5.25. The molecule has 1 N–H and O–H groups in total. The molecular formula is C12H11F3O2. The van der Waals surface area contributed by atoms with Crippen LogP contribution in [0.5, 0.6) is 0 Å². The van der Waals surface area contributed by atoms with Crippen LogP contribution in [0.15, 0.2) is 24.0 Å². The zero-order valence-electron chi connectivity index (χ0n) is 8.92. The summed E-state index contributed by atoms with van der Waals surface area (Å²) in [5.41, 5.74) is -0.322. The Balaban J connectivity index is 2.34. The van der Waals surface area contributed by atoms with Crippen molar-refractivity contribution in [3.8, 4) is 0 Å². The maximum absolute atomic E-state index is 13.4. The molecule has 1 unspecified atom stereocenters. The average molecular weight is 244 g/mol. The van der Waals surface area contributed by atoms with Crippen molar-refractivity contribution in [3.05, 3.63) is 47.0 Å². The van der Waals surface area contributed by atoms with Crippen molar-refractivity contribution in [1.29, 1.82) is 0 Å². The first-order valence-corrected chi connectivity index (χ1v) is 5.25. The fourth-order valence-electron chi connectivity index (χ4n) is 1.67. The minimum Gasteiger partial charge on any atom is -0.495 e. The van der Waals surface area contributed by atoms with Crippen LogP contribution >= 0.6 is 0 Å². The highest BCUT2D eigenvalue weighted by atomic mass is 19.2. The molecule has 0 spiro atoms. The van der Waals surface area contributed by atoms with Gasteiger partial charge in [-0.2, -0.15) is 0 Å². The first kappa shape index (κ1) is 12.0. The lowest BCUT2D eigenvalue weighted by Crippen LogP contribution is -2.12. The van der Waals surface area contributed by atoms with Crippen molar-refractivity contribution in [3.63, 3.8) is 0 Å². The summed E-state index contributed by atoms with van der Waals surface area (Å²) in [5, 5.41) is 9.82. The summed E-state index contributed by atoms with van der Waals surface area (Å²) >= 11 is 0. The molecule has 5 heteroatoms. The standard InChI is InChI=1S/C12H11F3O2/c13-8-5-4-7(10(14)11(8)15)12(16)9-3-1-2-6-17-9/h3-5,12,16H,1-2,6H2. The molecule has 0 aliphatic carbocycles. The molecular weight excluding hydrogens is 233 g/mol. The Morgan fingerprint density at radius 3 is 2.59 bits per heavy atom. The minimum atomic E-state index is -1.59. The number of hydrogen-bond donors (Lipinski definition) is 1. The number of allylic oxidation sites excluding steroid dienone is 1. The largest absolute Gasteiger partial charge is 0.495 e. The van der Waals surface area contributed by atoms with Crippen LogP contribution in [-0.4, -0.2) is 11.7 Å². The zero-order valence-corrected chi connectivity index (χ0v) is 8.92. The van der Waals surface area contributed by atoms with E-state index >= 15 is 0 Å². The molecule has 17 heavy (non-hydrogen) atoms. The van der Waals surface area contributed by atoms with E-state index in [0.29, 0.717) is 13.0 Å². The van der Waals surface area contributed by atoms with Crippen molar-refractivity contribution in [1.82, 2.24) is 0 Å². The summed E-state index contributed by atoms with van der Waals surface area (Å²) in [6.45, 7) is 0.425. The van der Waals surface area contributed by atoms with Crippen LogP contribution in [0.1, 0.15) is 24.5 Å². The van der Waals surface area contributed by atoms with Gasteiger partial charge in [-0.05, 0) is 31.1 Å². The third kappa shape index (κ3) is 2.29. The van der Waals surface area contributed by atoms with Gasteiger partial charge in [0.15, 0.2) is 17.5 Å². The number of benzene rings is 1. The second-order valence-corrected chi connectivity index (χ2v) is 3.76. The summed E-state index contributed by atoms with van der Waals surface area (Å²) in [7, 11) is 0. The highest BCUT2D eigenvalue weighted by molar-refractivity contribution is 5.27. The Morgan fingerprint density at radius 1 is 1.18 bits per heavy atom. The van der Waals surface area contributed by atoms with Crippen molar-refractivity contribution >= 4 is 0 Å². The fourth-order valence-corrected chi connectivity index (χ4v) is 1.67. The second-order valence-electron chi connectivity index (χ2n) is 3.76. The molecule has 1 aliphatic rings. The Hall–Kier alpha value is -1.49. The van der Waals surface area contributed by atoms with E-state index in [1.54, 1.807) is 6.08 Å². The Labute approximate surface area is 96.3 Å². The number of ether oxygens (including phenoxy) is 1. The van der Waals surface area contributed by atoms with Gasteiger partial charge in [0.25, 0.3) is 0 Å². The van der Waals surface area contributed by atoms with E-state index in [0.717, 1.165) is 18.6 Å². The second kappa shape index (κ2) is 4.79. The van der Waals surface area contributed by atoms with Gasteiger partial charge in [-0.15, -0.1) is 0 Å². The lowest BCUT2D eigenvalue weighted by atomic mass is 10.0. The van der Waals surface area contributed by atoms with Gasteiger partial charge < -0.3 is 9.84 Å². The summed E-state index contributed by atoms with van der Waals surface area (Å²) in [6, 6.07) is 1.79. The van der Waals surface area contributed by atoms with Crippen LogP contribution in [0.4, 0.5) is 13.2 Å². The van der Waals surface area contributed by atoms with Gasteiger partial charge in [0.05, 0.1) is 6.61 Å². The molecule has 0 saturated carbocycles. The molecule has 1 aromatic rings. The number of halogens is 3. The van der Waals surface area contributed by atoms with Crippen molar-refractivity contribution in [2.75, 3.05) is 6.61 Å². The van der Waals surface area contributed by atoms with Crippen LogP contribution < -0.4 is 0 Å². The molecule has 0 saturated heterocycles. The third-order valence-electron chi connectivity index (χ3n) is 2.59. The summed E-state index contributed by atoms with van der Waals surface area (Å²) in [4.78, 5) is 0. The zero-order chi connectivity index (χ0) is 12.4. The lowest BCUT2D eigenvalue weighted by Gasteiger charge is -2.20. The van der Waals surface area contributed by atoms with E-state index in [2.05, 4.69) is 0 Å². The molecule has 1 aromatic carbocycles. The normalized spacial score (nSPS) is 17.3. The molecule has 0 aromatic heterocycles. The van der Waals surface area contributed by atoms with Crippen LogP contribution in [0.25, 0.3) is 0 Å². The van der Waals surface area contributed by atoms with Crippen molar-refractivity contribution in [2.45, 2.75) is 18.9 Å². The van der Waals surface area contributed by atoms with Gasteiger partial charge in [-0.25, -0.2) is 13.2 Å². The topological polar surface area (TPSA) is 29.5 Å². The van der Waals surface area contributed by atoms with Gasteiger partial charge in [0, 0.05) is 5.56 Å². The van der Waals surface area contributed by atoms with Gasteiger partial charge in [-0.3, -0.25) is 0 Å². The molecule has 92 valence electrons. The highest BCUT2D eigenvalue weighted by Gasteiger charge is 2.23. The third-order valence-corrected chi connectivity index (χ3v) is 2.59. The molecule has 1 atom stereocenters. The quantitative estimate of drug-likeness (QED) is 0.810. The number of aliphatic hydroxyl groups excluding tert-OH is 1. The molecule has 0 amide bonds. The van der Waals surface area contributed by atoms with E-state index < -0.39 is 23.6 Å². The van der Waals surface area contributed by atoms with Crippen molar-refractivity contribution in [2.24, 2.45) is 0 Å². The molecule has 0 radical (unpaired) electrons. The average Bonchev–Trinajstić information content (AvgIpc) is 2.36. The van der Waals surface area contributed by atoms with Gasteiger partial charge in [0.2, 0.25) is 0 Å². The predicted octanol–water partition coefficient (Wildman–Crippen LogP) is 2.83. The van der Waals surface area contributed by atoms with Crippen LogP contribution in [0.2, 0.25) is 0 Å². The summed E-state index contributed by atoms with van der Waals surface area (Å²) < 4.78 is 44.3. The van der Waals surface area contributed by atoms with E-state index in [1.807, 2.05) is 0 Å². The number of hydrogen-bond acceptors (Lipinski definition) is 2.